The Hall–Kier alpha value is -2.09. The molecule has 8 heteroatoms. The third kappa shape index (κ3) is 4.22. The van der Waals surface area contributed by atoms with Crippen molar-refractivity contribution in [3.8, 4) is 5.75 Å². The predicted molar refractivity (Wildman–Crippen MR) is 85.2 cm³/mol. The van der Waals surface area contributed by atoms with Crippen LogP contribution in [-0.4, -0.2) is 63.4 Å². The fourth-order valence-electron chi connectivity index (χ4n) is 2.49. The summed E-state index contributed by atoms with van der Waals surface area (Å²) in [5, 5.41) is 2.54. The standard InChI is InChI=1S/C15H20N2O5S/c1-17(11-7-8-23(20,21)10-11)14(18)9-16-15(19)12-5-3-4-6-13(12)22-2/h3-6,11H,7-10H2,1-2H3,(H,16,19). The molecule has 1 heterocycles. The van der Waals surface area contributed by atoms with Gasteiger partial charge in [0.15, 0.2) is 9.84 Å². The van der Waals surface area contributed by atoms with Crippen LogP contribution in [0.1, 0.15) is 16.8 Å². The van der Waals surface area contributed by atoms with Gasteiger partial charge in [-0.25, -0.2) is 8.42 Å². The van der Waals surface area contributed by atoms with Crippen LogP contribution in [0.25, 0.3) is 0 Å². The number of nitrogens with zero attached hydrogens (tertiary/aromatic N) is 1. The molecule has 0 saturated carbocycles. The summed E-state index contributed by atoms with van der Waals surface area (Å²) in [4.78, 5) is 25.6. The van der Waals surface area contributed by atoms with Crippen LogP contribution in [-0.2, 0) is 14.6 Å². The lowest BCUT2D eigenvalue weighted by Gasteiger charge is -2.23. The van der Waals surface area contributed by atoms with Crippen molar-refractivity contribution in [3.05, 3.63) is 29.8 Å². The quantitative estimate of drug-likeness (QED) is 0.819. The number of nitrogens with one attached hydrogen (secondary N) is 1. The largest absolute Gasteiger partial charge is 0.496 e. The predicted octanol–water partition coefficient (Wildman–Crippen LogP) is 0.0705. The second-order valence-electron chi connectivity index (χ2n) is 5.44. The van der Waals surface area contributed by atoms with Gasteiger partial charge in [0.25, 0.3) is 5.91 Å². The van der Waals surface area contributed by atoms with Crippen LogP contribution in [0.5, 0.6) is 5.75 Å². The zero-order chi connectivity index (χ0) is 17.0. The molecular formula is C15H20N2O5S. The average Bonchev–Trinajstić information content (AvgIpc) is 2.91. The topological polar surface area (TPSA) is 92.8 Å². The molecule has 1 aromatic carbocycles. The minimum atomic E-state index is -3.06. The average molecular weight is 340 g/mol. The van der Waals surface area contributed by atoms with Gasteiger partial charge in [0.05, 0.1) is 30.7 Å². The first-order valence-corrected chi connectivity index (χ1v) is 9.03. The molecule has 1 fully saturated rings. The van der Waals surface area contributed by atoms with E-state index in [4.69, 9.17) is 4.74 Å². The normalized spacial score (nSPS) is 19.1. The Labute approximate surface area is 135 Å². The van der Waals surface area contributed by atoms with Crippen molar-refractivity contribution in [2.24, 2.45) is 0 Å². The van der Waals surface area contributed by atoms with Gasteiger partial charge in [-0.2, -0.15) is 0 Å². The maximum absolute atomic E-state index is 12.1. The molecule has 1 aliphatic heterocycles. The van der Waals surface area contributed by atoms with Gasteiger partial charge < -0.3 is 15.0 Å². The number of hydrogen-bond acceptors (Lipinski definition) is 5. The molecule has 1 saturated heterocycles. The van der Waals surface area contributed by atoms with Crippen molar-refractivity contribution in [1.82, 2.24) is 10.2 Å². The van der Waals surface area contributed by atoms with E-state index in [0.29, 0.717) is 17.7 Å². The van der Waals surface area contributed by atoms with E-state index < -0.39 is 15.7 Å². The van der Waals surface area contributed by atoms with Crippen molar-refractivity contribution < 1.29 is 22.7 Å². The lowest BCUT2D eigenvalue weighted by atomic mass is 10.2. The van der Waals surface area contributed by atoms with Gasteiger partial charge in [-0.3, -0.25) is 9.59 Å². The molecule has 1 aliphatic rings. The van der Waals surface area contributed by atoms with E-state index in [9.17, 15) is 18.0 Å². The number of amides is 2. The number of para-hydroxylation sites is 1. The van der Waals surface area contributed by atoms with Crippen LogP contribution >= 0.6 is 0 Å². The van der Waals surface area contributed by atoms with E-state index in [1.165, 1.54) is 12.0 Å². The zero-order valence-electron chi connectivity index (χ0n) is 13.1. The van der Waals surface area contributed by atoms with Crippen LogP contribution in [0.4, 0.5) is 0 Å². The molecule has 126 valence electrons. The molecule has 2 amide bonds. The summed E-state index contributed by atoms with van der Waals surface area (Å²) in [6.45, 7) is -0.191. The van der Waals surface area contributed by atoms with E-state index >= 15 is 0 Å². The maximum Gasteiger partial charge on any atom is 0.255 e. The summed E-state index contributed by atoms with van der Waals surface area (Å²) < 4.78 is 28.0. The van der Waals surface area contributed by atoms with Gasteiger partial charge in [0, 0.05) is 13.1 Å². The number of likely N-dealkylation sites (N-methyl/N-ethyl adjacent to an activating group) is 1. The molecule has 1 N–H and O–H groups in total. The summed E-state index contributed by atoms with van der Waals surface area (Å²) in [5.74, 6) is -0.232. The first-order valence-electron chi connectivity index (χ1n) is 7.21. The number of rotatable bonds is 5. The summed E-state index contributed by atoms with van der Waals surface area (Å²) in [6.07, 6.45) is 0.436. The van der Waals surface area contributed by atoms with Crippen molar-refractivity contribution in [1.29, 1.82) is 0 Å². The number of ether oxygens (including phenoxy) is 1. The number of methoxy groups -OCH3 is 1. The van der Waals surface area contributed by atoms with Crippen molar-refractivity contribution in [2.45, 2.75) is 12.5 Å². The Morgan fingerprint density at radius 1 is 1.35 bits per heavy atom. The fraction of sp³-hybridized carbons (Fsp3) is 0.467. The number of benzene rings is 1. The van der Waals surface area contributed by atoms with Gasteiger partial charge in [-0.1, -0.05) is 12.1 Å². The van der Waals surface area contributed by atoms with Crippen molar-refractivity contribution in [2.75, 3.05) is 32.2 Å². The highest BCUT2D eigenvalue weighted by molar-refractivity contribution is 7.91. The van der Waals surface area contributed by atoms with Crippen LogP contribution < -0.4 is 10.1 Å². The lowest BCUT2D eigenvalue weighted by Crippen LogP contribution is -2.43. The SMILES string of the molecule is COc1ccccc1C(=O)NCC(=O)N(C)C1CCS(=O)(=O)C1. The Balaban J connectivity index is 1.92. The summed E-state index contributed by atoms with van der Waals surface area (Å²) in [6, 6.07) is 6.39. The molecule has 2 rings (SSSR count). The second kappa shape index (κ2) is 6.99. The summed E-state index contributed by atoms with van der Waals surface area (Å²) in [7, 11) is -0.0325. The maximum atomic E-state index is 12.1. The molecule has 1 unspecified atom stereocenters. The monoisotopic (exact) mass is 340 g/mol. The highest BCUT2D eigenvalue weighted by atomic mass is 32.2. The number of sulfone groups is 1. The third-order valence-corrected chi connectivity index (χ3v) is 5.65. The Morgan fingerprint density at radius 3 is 2.65 bits per heavy atom. The van der Waals surface area contributed by atoms with Crippen molar-refractivity contribution in [3.63, 3.8) is 0 Å². The molecule has 0 aromatic heterocycles. The Kier molecular flexibility index (Phi) is 5.25. The van der Waals surface area contributed by atoms with Crippen LogP contribution in [0, 0.1) is 0 Å². The van der Waals surface area contributed by atoms with Crippen LogP contribution in [0.15, 0.2) is 24.3 Å². The Bertz CT molecular complexity index is 702. The molecular weight excluding hydrogens is 320 g/mol. The van der Waals surface area contributed by atoms with Gasteiger partial charge >= 0.3 is 0 Å². The van der Waals surface area contributed by atoms with E-state index in [-0.39, 0.29) is 30.0 Å². The van der Waals surface area contributed by atoms with E-state index in [0.717, 1.165) is 0 Å². The Morgan fingerprint density at radius 2 is 2.04 bits per heavy atom. The number of carbonyl (C=O) groups excluding carboxylic acids is 2. The number of carbonyl (C=O) groups is 2. The zero-order valence-corrected chi connectivity index (χ0v) is 13.9. The summed E-state index contributed by atoms with van der Waals surface area (Å²) >= 11 is 0. The minimum absolute atomic E-state index is 0.0182. The highest BCUT2D eigenvalue weighted by Gasteiger charge is 2.32. The molecule has 1 atom stereocenters. The lowest BCUT2D eigenvalue weighted by molar-refractivity contribution is -0.130. The smallest absolute Gasteiger partial charge is 0.255 e. The van der Waals surface area contributed by atoms with Gasteiger partial charge in [-0.15, -0.1) is 0 Å². The molecule has 0 bridgehead atoms. The third-order valence-electron chi connectivity index (χ3n) is 3.90. The molecule has 1 aromatic rings. The minimum Gasteiger partial charge on any atom is -0.496 e. The molecule has 0 aliphatic carbocycles. The van der Waals surface area contributed by atoms with Gasteiger partial charge in [-0.05, 0) is 18.6 Å². The highest BCUT2D eigenvalue weighted by Crippen LogP contribution is 2.18. The first kappa shape index (κ1) is 17.3. The molecule has 0 spiro atoms. The fourth-order valence-corrected chi connectivity index (χ4v) is 4.27. The van der Waals surface area contributed by atoms with E-state index in [1.807, 2.05) is 0 Å². The van der Waals surface area contributed by atoms with Crippen molar-refractivity contribution >= 4 is 21.7 Å². The van der Waals surface area contributed by atoms with Crippen LogP contribution in [0.3, 0.4) is 0 Å². The second-order valence-corrected chi connectivity index (χ2v) is 7.67. The summed E-state index contributed by atoms with van der Waals surface area (Å²) in [5.41, 5.74) is 0.342. The van der Waals surface area contributed by atoms with Crippen LogP contribution in [0.2, 0.25) is 0 Å². The van der Waals surface area contributed by atoms with Gasteiger partial charge in [0.2, 0.25) is 5.91 Å². The molecule has 7 nitrogen and oxygen atoms in total. The molecule has 23 heavy (non-hydrogen) atoms. The number of hydrogen-bond donors (Lipinski definition) is 1. The first-order chi connectivity index (χ1) is 10.8. The van der Waals surface area contributed by atoms with E-state index in [1.54, 1.807) is 31.3 Å². The van der Waals surface area contributed by atoms with Gasteiger partial charge in [0.1, 0.15) is 5.75 Å². The molecule has 0 radical (unpaired) electrons. The van der Waals surface area contributed by atoms with E-state index in [2.05, 4.69) is 5.32 Å².